The lowest BCUT2D eigenvalue weighted by molar-refractivity contribution is -0.115. The molecule has 3 rings (SSSR count). The largest absolute Gasteiger partial charge is 0.493 e. The number of hydrogen-bond acceptors (Lipinski definition) is 6. The van der Waals surface area contributed by atoms with Crippen LogP contribution in [0.4, 0.5) is 11.4 Å². The molecule has 0 atom stereocenters. The van der Waals surface area contributed by atoms with E-state index in [1.54, 1.807) is 56.7 Å². The van der Waals surface area contributed by atoms with Crippen LogP contribution in [0.15, 0.2) is 52.4 Å². The molecule has 1 saturated heterocycles. The summed E-state index contributed by atoms with van der Waals surface area (Å²) >= 11 is 1.26. The molecule has 0 unspecified atom stereocenters. The van der Waals surface area contributed by atoms with Gasteiger partial charge in [0.1, 0.15) is 0 Å². The zero-order chi connectivity index (χ0) is 20.1. The Bertz CT molecular complexity index is 968. The van der Waals surface area contributed by atoms with Crippen molar-refractivity contribution in [3.05, 3.63) is 52.9 Å². The average Bonchev–Trinajstić information content (AvgIpc) is 3.01. The van der Waals surface area contributed by atoms with E-state index in [4.69, 9.17) is 9.47 Å². The third-order valence-electron chi connectivity index (χ3n) is 3.77. The first-order valence-electron chi connectivity index (χ1n) is 8.38. The fourth-order valence-electron chi connectivity index (χ4n) is 2.51. The fraction of sp³-hybridized carbons (Fsp3) is 0.150. The molecule has 1 fully saturated rings. The van der Waals surface area contributed by atoms with Crippen molar-refractivity contribution in [3.8, 4) is 11.5 Å². The van der Waals surface area contributed by atoms with E-state index in [-0.39, 0.29) is 11.8 Å². The minimum Gasteiger partial charge on any atom is -0.493 e. The Labute approximate surface area is 166 Å². The van der Waals surface area contributed by atoms with E-state index in [0.29, 0.717) is 32.9 Å². The van der Waals surface area contributed by atoms with Crippen molar-refractivity contribution < 1.29 is 19.1 Å². The summed E-state index contributed by atoms with van der Waals surface area (Å²) in [6.45, 7) is 1.45. The molecule has 1 heterocycles. The Balaban J connectivity index is 1.76. The Morgan fingerprint density at radius 2 is 1.82 bits per heavy atom. The predicted molar refractivity (Wildman–Crippen MR) is 111 cm³/mol. The molecule has 7 nitrogen and oxygen atoms in total. The van der Waals surface area contributed by atoms with E-state index < -0.39 is 0 Å². The van der Waals surface area contributed by atoms with Crippen LogP contribution in [0.2, 0.25) is 0 Å². The molecule has 0 saturated carbocycles. The van der Waals surface area contributed by atoms with Gasteiger partial charge in [-0.05, 0) is 59.8 Å². The maximum Gasteiger partial charge on any atom is 0.264 e. The monoisotopic (exact) mass is 397 g/mol. The van der Waals surface area contributed by atoms with Gasteiger partial charge in [-0.2, -0.15) is 0 Å². The smallest absolute Gasteiger partial charge is 0.264 e. The zero-order valence-corrected chi connectivity index (χ0v) is 16.4. The van der Waals surface area contributed by atoms with Gasteiger partial charge < -0.3 is 20.1 Å². The van der Waals surface area contributed by atoms with Gasteiger partial charge in [0.15, 0.2) is 16.7 Å². The maximum absolute atomic E-state index is 12.2. The van der Waals surface area contributed by atoms with Gasteiger partial charge in [-0.15, -0.1) is 0 Å². The summed E-state index contributed by atoms with van der Waals surface area (Å²) in [6, 6.07) is 12.5. The van der Waals surface area contributed by atoms with E-state index in [9.17, 15) is 9.59 Å². The van der Waals surface area contributed by atoms with Crippen LogP contribution < -0.4 is 20.1 Å². The number of ether oxygens (including phenoxy) is 2. The van der Waals surface area contributed by atoms with Gasteiger partial charge in [0, 0.05) is 12.6 Å². The normalized spacial score (nSPS) is 16.2. The van der Waals surface area contributed by atoms with Crippen molar-refractivity contribution in [1.82, 2.24) is 5.32 Å². The number of thioether (sulfide) groups is 1. The standard InChI is InChI=1S/C20H19N3O4S/c1-12(24)21-14-5-7-15(8-6-14)22-20-23-19(25)18(28-20)11-13-4-9-16(26-2)17(10-13)27-3/h4-11H,1-3H3,(H,21,24)(H,22,23,25)/b18-11+. The number of benzene rings is 2. The van der Waals surface area contributed by atoms with Crippen LogP contribution in [0.5, 0.6) is 11.5 Å². The number of amides is 2. The first-order chi connectivity index (χ1) is 13.5. The highest BCUT2D eigenvalue weighted by atomic mass is 32.2. The molecule has 2 N–H and O–H groups in total. The van der Waals surface area contributed by atoms with Crippen molar-refractivity contribution in [3.63, 3.8) is 0 Å². The lowest BCUT2D eigenvalue weighted by Crippen LogP contribution is -2.19. The van der Waals surface area contributed by atoms with Crippen LogP contribution >= 0.6 is 11.8 Å². The SMILES string of the molecule is COc1ccc(/C=C2/SC(=Nc3ccc(NC(C)=O)cc3)NC2=O)cc1OC. The number of carbonyl (C=O) groups excluding carboxylic acids is 2. The van der Waals surface area contributed by atoms with Crippen LogP contribution in [0.25, 0.3) is 6.08 Å². The summed E-state index contributed by atoms with van der Waals surface area (Å²) in [7, 11) is 3.13. The molecule has 28 heavy (non-hydrogen) atoms. The number of anilines is 1. The summed E-state index contributed by atoms with van der Waals surface area (Å²) in [4.78, 5) is 28.3. The molecule has 2 aromatic rings. The fourth-order valence-corrected chi connectivity index (χ4v) is 3.36. The van der Waals surface area contributed by atoms with Gasteiger partial charge in [0.25, 0.3) is 5.91 Å². The molecule has 0 aromatic heterocycles. The van der Waals surface area contributed by atoms with E-state index in [2.05, 4.69) is 15.6 Å². The average molecular weight is 397 g/mol. The quantitative estimate of drug-likeness (QED) is 0.753. The molecular weight excluding hydrogens is 378 g/mol. The van der Waals surface area contributed by atoms with E-state index in [1.165, 1.54) is 18.7 Å². The number of methoxy groups -OCH3 is 2. The molecule has 2 amide bonds. The highest BCUT2D eigenvalue weighted by Crippen LogP contribution is 2.32. The van der Waals surface area contributed by atoms with E-state index >= 15 is 0 Å². The first kappa shape index (κ1) is 19.5. The minimum absolute atomic E-state index is 0.136. The van der Waals surface area contributed by atoms with Gasteiger partial charge in [0.2, 0.25) is 5.91 Å². The highest BCUT2D eigenvalue weighted by molar-refractivity contribution is 8.18. The number of amidine groups is 1. The first-order valence-corrected chi connectivity index (χ1v) is 9.19. The number of rotatable bonds is 5. The van der Waals surface area contributed by atoms with Crippen LogP contribution in [0.1, 0.15) is 12.5 Å². The summed E-state index contributed by atoms with van der Waals surface area (Å²) in [6.07, 6.45) is 1.77. The Hall–Kier alpha value is -3.26. The second kappa shape index (κ2) is 8.62. The predicted octanol–water partition coefficient (Wildman–Crippen LogP) is 3.55. The van der Waals surface area contributed by atoms with Crippen LogP contribution in [-0.2, 0) is 9.59 Å². The van der Waals surface area contributed by atoms with Crippen molar-refractivity contribution in [2.45, 2.75) is 6.92 Å². The van der Waals surface area contributed by atoms with Gasteiger partial charge >= 0.3 is 0 Å². The van der Waals surface area contributed by atoms with E-state index in [1.807, 2.05) is 6.07 Å². The second-order valence-corrected chi connectivity index (χ2v) is 6.85. The van der Waals surface area contributed by atoms with Gasteiger partial charge in [-0.25, -0.2) is 4.99 Å². The number of carbonyl (C=O) groups is 2. The topological polar surface area (TPSA) is 89.0 Å². The van der Waals surface area contributed by atoms with Gasteiger partial charge in [-0.1, -0.05) is 6.07 Å². The van der Waals surface area contributed by atoms with Gasteiger partial charge in [-0.3, -0.25) is 9.59 Å². The number of nitrogens with zero attached hydrogens (tertiary/aromatic N) is 1. The third-order valence-corrected chi connectivity index (χ3v) is 4.68. The Morgan fingerprint density at radius 1 is 1.11 bits per heavy atom. The molecule has 0 spiro atoms. The lowest BCUT2D eigenvalue weighted by Gasteiger charge is -2.07. The third kappa shape index (κ3) is 4.72. The summed E-state index contributed by atoms with van der Waals surface area (Å²) in [5.41, 5.74) is 2.18. The lowest BCUT2D eigenvalue weighted by atomic mass is 10.2. The molecule has 0 radical (unpaired) electrons. The second-order valence-electron chi connectivity index (χ2n) is 5.82. The molecule has 0 bridgehead atoms. The molecule has 2 aromatic carbocycles. The van der Waals surface area contributed by atoms with Crippen LogP contribution in [0.3, 0.4) is 0 Å². The molecule has 144 valence electrons. The molecule has 1 aliphatic heterocycles. The van der Waals surface area contributed by atoms with Gasteiger partial charge in [0.05, 0.1) is 24.8 Å². The molecule has 8 heteroatoms. The van der Waals surface area contributed by atoms with Crippen molar-refractivity contribution >= 4 is 46.2 Å². The number of hydrogen-bond donors (Lipinski definition) is 2. The van der Waals surface area contributed by atoms with Crippen molar-refractivity contribution in [2.75, 3.05) is 19.5 Å². The van der Waals surface area contributed by atoms with Crippen LogP contribution in [-0.4, -0.2) is 31.2 Å². The summed E-state index contributed by atoms with van der Waals surface area (Å²) in [5, 5.41) is 5.93. The molecule has 0 aliphatic carbocycles. The summed E-state index contributed by atoms with van der Waals surface area (Å²) in [5.74, 6) is 0.863. The number of nitrogens with one attached hydrogen (secondary N) is 2. The van der Waals surface area contributed by atoms with Crippen molar-refractivity contribution in [2.24, 2.45) is 4.99 Å². The minimum atomic E-state index is -0.214. The Morgan fingerprint density at radius 3 is 2.46 bits per heavy atom. The highest BCUT2D eigenvalue weighted by Gasteiger charge is 2.24. The molecule has 1 aliphatic rings. The zero-order valence-electron chi connectivity index (χ0n) is 15.6. The van der Waals surface area contributed by atoms with Crippen LogP contribution in [0, 0.1) is 0 Å². The Kier molecular flexibility index (Phi) is 6.00. The maximum atomic E-state index is 12.2. The summed E-state index contributed by atoms with van der Waals surface area (Å²) < 4.78 is 10.5. The molecular formula is C20H19N3O4S. The van der Waals surface area contributed by atoms with E-state index in [0.717, 1.165) is 5.56 Å². The number of aliphatic imine (C=N–C) groups is 1. The van der Waals surface area contributed by atoms with Crippen molar-refractivity contribution in [1.29, 1.82) is 0 Å².